The molecule has 4 heterocycles. The smallest absolute Gasteiger partial charge is 0.416 e. The second-order valence-electron chi connectivity index (χ2n) is 10.9. The summed E-state index contributed by atoms with van der Waals surface area (Å²) in [4.78, 5) is 30.3. The molecule has 0 radical (unpaired) electrons. The molecule has 2 aromatic rings. The van der Waals surface area contributed by atoms with Crippen LogP contribution in [-0.2, 0) is 15.7 Å². The maximum atomic E-state index is 13.7. The van der Waals surface area contributed by atoms with Gasteiger partial charge in [0.2, 0.25) is 5.70 Å². The molecule has 1 aliphatic carbocycles. The molecule has 3 aliphatic heterocycles. The topological polar surface area (TPSA) is 65.2 Å². The predicted molar refractivity (Wildman–Crippen MR) is 151 cm³/mol. The van der Waals surface area contributed by atoms with Crippen LogP contribution in [0, 0.1) is 5.92 Å². The molecule has 0 N–H and O–H groups in total. The average Bonchev–Trinajstić information content (AvgIpc) is 3.35. The van der Waals surface area contributed by atoms with Crippen molar-refractivity contribution in [2.24, 2.45) is 11.0 Å². The Balaban J connectivity index is 1.17. The fraction of sp³-hybridized carbons (Fsp3) is 0.467. The molecule has 1 saturated carbocycles. The van der Waals surface area contributed by atoms with Crippen LogP contribution in [0.15, 0.2) is 52.8 Å². The van der Waals surface area contributed by atoms with Gasteiger partial charge in [0.05, 0.1) is 17.2 Å². The molecule has 216 valence electrons. The first-order chi connectivity index (χ1) is 19.7. The van der Waals surface area contributed by atoms with Gasteiger partial charge in [-0.1, -0.05) is 22.9 Å². The molecule has 11 heteroatoms. The van der Waals surface area contributed by atoms with E-state index in [1.807, 2.05) is 10.8 Å². The highest BCUT2D eigenvalue weighted by Gasteiger charge is 2.46. The zero-order valence-corrected chi connectivity index (χ0v) is 23.6. The molecule has 0 spiro atoms. The van der Waals surface area contributed by atoms with E-state index in [9.17, 15) is 22.8 Å². The van der Waals surface area contributed by atoms with Crippen molar-refractivity contribution in [3.63, 3.8) is 0 Å². The molecule has 1 aromatic heterocycles. The standard InChI is InChI=1S/C30H32F3N4O3S/c1-2-40-29(39)25-9-10-26(41-25)35-15-12-21(13-16-35)37-27(19-7-8-19)23(17-34-37)28(38)36-14-11-20(18-36)22-5-3-4-6-24(22)30(31,32)33/h3-6,9-10,17,19-20H,2,7-8,11-16,18H2,1H3/q+1. The Morgan fingerprint density at radius 1 is 1.05 bits per heavy atom. The van der Waals surface area contributed by atoms with Gasteiger partial charge < -0.3 is 14.5 Å². The number of ether oxygens (including phenoxy) is 1. The number of esters is 1. The third-order valence-electron chi connectivity index (χ3n) is 8.20. The van der Waals surface area contributed by atoms with Gasteiger partial charge in [-0.25, -0.2) is 4.79 Å². The fourth-order valence-electron chi connectivity index (χ4n) is 6.01. The molecular weight excluding hydrogens is 553 g/mol. The van der Waals surface area contributed by atoms with Crippen LogP contribution in [0.4, 0.5) is 18.2 Å². The van der Waals surface area contributed by atoms with Gasteiger partial charge in [0.1, 0.15) is 16.7 Å². The Hall–Kier alpha value is -3.47. The molecule has 1 amide bonds. The highest BCUT2D eigenvalue weighted by atomic mass is 32.1. The lowest BCUT2D eigenvalue weighted by molar-refractivity contribution is -0.485. The number of hydrogen-bond acceptors (Lipinski definition) is 6. The maximum absolute atomic E-state index is 13.7. The first-order valence-corrected chi connectivity index (χ1v) is 15.0. The van der Waals surface area contributed by atoms with Crippen molar-refractivity contribution in [2.75, 3.05) is 37.7 Å². The summed E-state index contributed by atoms with van der Waals surface area (Å²) in [6.45, 7) is 4.37. The van der Waals surface area contributed by atoms with Gasteiger partial charge in [-0.2, -0.15) is 13.2 Å². The van der Waals surface area contributed by atoms with E-state index >= 15 is 0 Å². The Labute approximate surface area is 240 Å². The number of carbonyl (C=O) groups excluding carboxylic acids is 2. The lowest BCUT2D eigenvalue weighted by Crippen LogP contribution is -2.36. The van der Waals surface area contributed by atoms with Gasteiger partial charge in [0.15, 0.2) is 5.71 Å². The van der Waals surface area contributed by atoms with Crippen molar-refractivity contribution in [1.29, 1.82) is 0 Å². The van der Waals surface area contributed by atoms with Crippen LogP contribution < -0.4 is 4.90 Å². The first kappa shape index (κ1) is 27.7. The Bertz CT molecular complexity index is 1450. The number of hydrogen-bond donors (Lipinski definition) is 0. The molecule has 4 aliphatic rings. The van der Waals surface area contributed by atoms with Gasteiger partial charge in [-0.3, -0.25) is 4.79 Å². The van der Waals surface area contributed by atoms with Crippen molar-refractivity contribution in [2.45, 2.75) is 51.1 Å². The third-order valence-corrected chi connectivity index (χ3v) is 9.33. The monoisotopic (exact) mass is 585 g/mol. The summed E-state index contributed by atoms with van der Waals surface area (Å²) < 4.78 is 47.9. The molecule has 1 unspecified atom stereocenters. The van der Waals surface area contributed by atoms with Crippen LogP contribution in [0.25, 0.3) is 0 Å². The molecule has 2 saturated heterocycles. The molecule has 1 atom stereocenters. The summed E-state index contributed by atoms with van der Waals surface area (Å²) in [7, 11) is 0. The van der Waals surface area contributed by atoms with Crippen LogP contribution in [-0.4, -0.2) is 66.2 Å². The van der Waals surface area contributed by atoms with E-state index in [2.05, 4.69) is 10.0 Å². The van der Waals surface area contributed by atoms with Crippen LogP contribution in [0.2, 0.25) is 0 Å². The van der Waals surface area contributed by atoms with Crippen molar-refractivity contribution in [1.82, 2.24) is 4.90 Å². The van der Waals surface area contributed by atoms with Crippen LogP contribution in [0.1, 0.15) is 65.7 Å². The number of halogens is 3. The van der Waals surface area contributed by atoms with Gasteiger partial charge in [-0.05, 0) is 55.1 Å². The van der Waals surface area contributed by atoms with Crippen molar-refractivity contribution < 1.29 is 32.2 Å². The zero-order chi connectivity index (χ0) is 28.7. The van der Waals surface area contributed by atoms with Gasteiger partial charge in [0.25, 0.3) is 5.91 Å². The number of likely N-dealkylation sites (tertiary alicyclic amines) is 1. The Morgan fingerprint density at radius 2 is 1.80 bits per heavy atom. The summed E-state index contributed by atoms with van der Waals surface area (Å²) >= 11 is 1.43. The number of anilines is 1. The van der Waals surface area contributed by atoms with Gasteiger partial charge in [0, 0.05) is 50.9 Å². The molecule has 3 fully saturated rings. The van der Waals surface area contributed by atoms with E-state index < -0.39 is 11.7 Å². The molecular formula is C30H32F3N4O3S+. The molecule has 41 heavy (non-hydrogen) atoms. The first-order valence-electron chi connectivity index (χ1n) is 14.1. The second kappa shape index (κ2) is 11.1. The summed E-state index contributed by atoms with van der Waals surface area (Å²) in [5.74, 6) is -0.523. The van der Waals surface area contributed by atoms with Crippen molar-refractivity contribution in [3.8, 4) is 0 Å². The van der Waals surface area contributed by atoms with E-state index in [1.54, 1.807) is 30.2 Å². The van der Waals surface area contributed by atoms with Crippen molar-refractivity contribution in [3.05, 3.63) is 63.7 Å². The molecule has 0 bridgehead atoms. The number of rotatable bonds is 6. The lowest BCUT2D eigenvalue weighted by atomic mass is 9.93. The number of hydrazone groups is 1. The number of piperidine rings is 1. The van der Waals surface area contributed by atoms with E-state index in [1.165, 1.54) is 23.5 Å². The highest BCUT2D eigenvalue weighted by molar-refractivity contribution is 7.17. The van der Waals surface area contributed by atoms with E-state index in [0.29, 0.717) is 30.0 Å². The van der Waals surface area contributed by atoms with Crippen LogP contribution in [0.5, 0.6) is 0 Å². The summed E-state index contributed by atoms with van der Waals surface area (Å²) in [6.07, 6.45) is 1.28. The third kappa shape index (κ3) is 5.56. The number of amides is 1. The van der Waals surface area contributed by atoms with E-state index in [4.69, 9.17) is 4.74 Å². The maximum Gasteiger partial charge on any atom is 0.416 e. The van der Waals surface area contributed by atoms with Crippen LogP contribution >= 0.6 is 11.3 Å². The molecule has 6 rings (SSSR count). The second-order valence-corrected chi connectivity index (χ2v) is 11.9. The lowest BCUT2D eigenvalue weighted by Gasteiger charge is -2.26. The van der Waals surface area contributed by atoms with E-state index in [-0.39, 0.29) is 35.8 Å². The SMILES string of the molecule is CCOC(=O)c1ccc(N2CCC(=[N+]3N=CC(C(=O)N4CCC(c5ccccc5C(F)(F)F)C4)=C3C3CC3)CC2)s1. The fourth-order valence-corrected chi connectivity index (χ4v) is 6.96. The average molecular weight is 586 g/mol. The number of alkyl halides is 3. The largest absolute Gasteiger partial charge is 0.462 e. The number of thiophene rings is 1. The number of carbonyl (C=O) groups is 2. The Kier molecular flexibility index (Phi) is 7.48. The summed E-state index contributed by atoms with van der Waals surface area (Å²) in [5.41, 5.74) is 2.31. The summed E-state index contributed by atoms with van der Waals surface area (Å²) in [5, 5.41) is 5.70. The Morgan fingerprint density at radius 3 is 2.51 bits per heavy atom. The van der Waals surface area contributed by atoms with Gasteiger partial charge in [-0.15, -0.1) is 11.3 Å². The predicted octanol–water partition coefficient (Wildman–Crippen LogP) is 5.68. The molecule has 7 nitrogen and oxygen atoms in total. The minimum absolute atomic E-state index is 0.145. The van der Waals surface area contributed by atoms with Crippen LogP contribution in [0.3, 0.4) is 0 Å². The van der Waals surface area contributed by atoms with Crippen molar-refractivity contribution >= 4 is 40.1 Å². The quantitative estimate of drug-likeness (QED) is 0.324. The van der Waals surface area contributed by atoms with Gasteiger partial charge >= 0.3 is 12.1 Å². The minimum Gasteiger partial charge on any atom is -0.462 e. The normalized spacial score (nSPS) is 21.3. The number of nitrogens with zero attached hydrogens (tertiary/aromatic N) is 4. The zero-order valence-electron chi connectivity index (χ0n) is 22.8. The number of benzene rings is 1. The van der Waals surface area contributed by atoms with E-state index in [0.717, 1.165) is 61.2 Å². The molecule has 1 aromatic carbocycles. The minimum atomic E-state index is -4.42. The summed E-state index contributed by atoms with van der Waals surface area (Å²) in [6, 6.07) is 9.45. The number of allylic oxidation sites excluding steroid dienone is 1. The highest BCUT2D eigenvalue weighted by Crippen LogP contribution is 2.42.